The van der Waals surface area contributed by atoms with Gasteiger partial charge in [-0.25, -0.2) is 4.79 Å². The van der Waals surface area contributed by atoms with E-state index < -0.39 is 11.9 Å². The minimum Gasteiger partial charge on any atom is -0.456 e. The molecule has 9 nitrogen and oxygen atoms in total. The number of benzene rings is 2. The Hall–Kier alpha value is -3.72. The number of amidine groups is 1. The van der Waals surface area contributed by atoms with Gasteiger partial charge >= 0.3 is 5.97 Å². The van der Waals surface area contributed by atoms with E-state index in [4.69, 9.17) is 20.4 Å². The van der Waals surface area contributed by atoms with Gasteiger partial charge in [-0.1, -0.05) is 66.7 Å². The highest BCUT2D eigenvalue weighted by Gasteiger charge is 2.28. The molecule has 9 heteroatoms. The Labute approximate surface area is 210 Å². The van der Waals surface area contributed by atoms with E-state index in [1.54, 1.807) is 36.1 Å². The Morgan fingerprint density at radius 3 is 2.25 bits per heavy atom. The minimum atomic E-state index is -0.465. The fraction of sp³-hybridized carbons (Fsp3) is 0.407. The van der Waals surface area contributed by atoms with Crippen LogP contribution in [0, 0.1) is 5.92 Å². The summed E-state index contributed by atoms with van der Waals surface area (Å²) < 4.78 is 11.2. The van der Waals surface area contributed by atoms with Crippen molar-refractivity contribution in [2.24, 2.45) is 16.8 Å². The van der Waals surface area contributed by atoms with Crippen molar-refractivity contribution in [3.05, 3.63) is 71.3 Å². The van der Waals surface area contributed by atoms with Gasteiger partial charge in [-0.2, -0.15) is 0 Å². The third kappa shape index (κ3) is 7.39. The number of amides is 1. The molecule has 192 valence electrons. The maximum absolute atomic E-state index is 12.9. The van der Waals surface area contributed by atoms with Gasteiger partial charge in [-0.3, -0.25) is 9.59 Å². The number of ketones is 1. The summed E-state index contributed by atoms with van der Waals surface area (Å²) in [6.07, 6.45) is 0.839. The van der Waals surface area contributed by atoms with Crippen molar-refractivity contribution in [3.63, 3.8) is 0 Å². The van der Waals surface area contributed by atoms with Crippen LogP contribution in [0.3, 0.4) is 0 Å². The molecule has 0 aliphatic carbocycles. The van der Waals surface area contributed by atoms with Crippen molar-refractivity contribution in [3.8, 4) is 0 Å². The topological polar surface area (TPSA) is 132 Å². The van der Waals surface area contributed by atoms with E-state index in [9.17, 15) is 14.4 Å². The van der Waals surface area contributed by atoms with Crippen molar-refractivity contribution in [1.29, 1.82) is 0 Å². The van der Waals surface area contributed by atoms with Crippen LogP contribution in [0.2, 0.25) is 0 Å². The van der Waals surface area contributed by atoms with Crippen LogP contribution >= 0.6 is 0 Å². The second kappa shape index (κ2) is 12.8. The molecule has 0 aromatic heterocycles. The number of nitrogens with two attached hydrogens (primary N) is 1. The third-order valence-electron chi connectivity index (χ3n) is 6.29. The Kier molecular flexibility index (Phi) is 9.58. The predicted molar refractivity (Wildman–Crippen MR) is 134 cm³/mol. The van der Waals surface area contributed by atoms with Crippen molar-refractivity contribution in [2.45, 2.75) is 45.3 Å². The Morgan fingerprint density at radius 2 is 1.64 bits per heavy atom. The molecule has 1 amide bonds. The number of hydrogen-bond donors (Lipinski definition) is 2. The lowest BCUT2D eigenvalue weighted by atomic mass is 9.96. The molecule has 2 aromatic carbocycles. The van der Waals surface area contributed by atoms with E-state index >= 15 is 0 Å². The fourth-order valence-electron chi connectivity index (χ4n) is 4.13. The van der Waals surface area contributed by atoms with Crippen LogP contribution in [0.15, 0.2) is 59.8 Å². The summed E-state index contributed by atoms with van der Waals surface area (Å²) in [4.78, 5) is 39.4. The molecule has 0 spiro atoms. The zero-order valence-electron chi connectivity index (χ0n) is 20.6. The quantitative estimate of drug-likeness (QED) is 0.129. The van der Waals surface area contributed by atoms with E-state index in [-0.39, 0.29) is 42.8 Å². The zero-order valence-corrected chi connectivity index (χ0v) is 20.6. The number of likely N-dealkylation sites (tertiary alicyclic amines) is 1. The molecule has 0 unspecified atom stereocenters. The second-order valence-electron chi connectivity index (χ2n) is 8.97. The van der Waals surface area contributed by atoms with E-state index in [0.717, 1.165) is 5.56 Å². The highest BCUT2D eigenvalue weighted by atomic mass is 16.6. The molecule has 1 fully saturated rings. The summed E-state index contributed by atoms with van der Waals surface area (Å²) in [5.74, 6) is -1.15. The number of rotatable bonds is 10. The van der Waals surface area contributed by atoms with Crippen molar-refractivity contribution < 1.29 is 29.1 Å². The summed E-state index contributed by atoms with van der Waals surface area (Å²) in [6.45, 7) is 4.45. The Morgan fingerprint density at radius 1 is 1.03 bits per heavy atom. The summed E-state index contributed by atoms with van der Waals surface area (Å²) in [7, 11) is 0. The first kappa shape index (κ1) is 26.9. The molecule has 1 aliphatic rings. The lowest BCUT2D eigenvalue weighted by molar-refractivity contribution is -0.157. The van der Waals surface area contributed by atoms with Gasteiger partial charge < -0.3 is 25.3 Å². The predicted octanol–water partition coefficient (Wildman–Crippen LogP) is 3.30. The van der Waals surface area contributed by atoms with E-state index in [2.05, 4.69) is 5.16 Å². The minimum absolute atomic E-state index is 0.0384. The normalized spacial score (nSPS) is 16.3. The zero-order chi connectivity index (χ0) is 26.1. The number of carbonyl (C=O) groups excluding carboxylic acids is 3. The smallest absolute Gasteiger partial charge is 0.332 e. The molecule has 1 heterocycles. The van der Waals surface area contributed by atoms with E-state index in [1.807, 2.05) is 37.3 Å². The molecule has 36 heavy (non-hydrogen) atoms. The standard InChI is InChI=1S/C27H33N3O6/c1-18(16-24(31)21-8-10-22(11-9-21)26(28)29-34)27(33)30-14-12-23(13-15-30)35-17-25(32)36-19(2)20-6-4-3-5-7-20/h3-11,18-19,23,34H,12-17H2,1-2H3,(H2,28,29)/t18-,19-/m1/s1. The van der Waals surface area contributed by atoms with Crippen LogP contribution in [0.4, 0.5) is 0 Å². The highest BCUT2D eigenvalue weighted by molar-refractivity contribution is 6.01. The maximum Gasteiger partial charge on any atom is 0.332 e. The Bertz CT molecular complexity index is 1060. The van der Waals surface area contributed by atoms with E-state index in [1.165, 1.54) is 0 Å². The summed E-state index contributed by atoms with van der Waals surface area (Å²) in [6, 6.07) is 15.9. The van der Waals surface area contributed by atoms with Gasteiger partial charge in [0.15, 0.2) is 11.6 Å². The molecule has 0 bridgehead atoms. The van der Waals surface area contributed by atoms with Gasteiger partial charge in [0.2, 0.25) is 5.91 Å². The molecule has 0 radical (unpaired) electrons. The first-order valence-corrected chi connectivity index (χ1v) is 12.0. The average molecular weight is 496 g/mol. The lowest BCUT2D eigenvalue weighted by Crippen LogP contribution is -2.43. The molecule has 3 rings (SSSR count). The lowest BCUT2D eigenvalue weighted by Gasteiger charge is -2.33. The molecular weight excluding hydrogens is 462 g/mol. The van der Waals surface area contributed by atoms with Crippen LogP contribution in [-0.2, 0) is 19.1 Å². The van der Waals surface area contributed by atoms with Gasteiger partial charge in [-0.05, 0) is 25.3 Å². The van der Waals surface area contributed by atoms with Gasteiger partial charge in [0.25, 0.3) is 0 Å². The number of nitrogens with zero attached hydrogens (tertiary/aromatic N) is 2. The number of ether oxygens (including phenoxy) is 2. The SMILES string of the molecule is C[C@H](CC(=O)c1ccc(/C(N)=N/O)cc1)C(=O)N1CCC(OCC(=O)O[C@H](C)c2ccccc2)CC1. The van der Waals surface area contributed by atoms with Crippen LogP contribution in [0.5, 0.6) is 0 Å². The average Bonchev–Trinajstić information content (AvgIpc) is 2.91. The molecule has 0 saturated carbocycles. The summed E-state index contributed by atoms with van der Waals surface area (Å²) in [5, 5.41) is 11.7. The van der Waals surface area contributed by atoms with Crippen molar-refractivity contribution >= 4 is 23.5 Å². The van der Waals surface area contributed by atoms with Crippen molar-refractivity contribution in [2.75, 3.05) is 19.7 Å². The molecule has 1 aliphatic heterocycles. The first-order valence-electron chi connectivity index (χ1n) is 12.0. The van der Waals surface area contributed by atoms with Gasteiger partial charge in [0.05, 0.1) is 6.10 Å². The summed E-state index contributed by atoms with van der Waals surface area (Å²) >= 11 is 0. The number of piperidine rings is 1. The van der Waals surface area contributed by atoms with Crippen LogP contribution in [0.25, 0.3) is 0 Å². The van der Waals surface area contributed by atoms with Crippen LogP contribution < -0.4 is 5.73 Å². The summed E-state index contributed by atoms with van der Waals surface area (Å²) in [5.41, 5.74) is 7.43. The Balaban J connectivity index is 1.39. The highest BCUT2D eigenvalue weighted by Crippen LogP contribution is 2.20. The third-order valence-corrected chi connectivity index (χ3v) is 6.29. The van der Waals surface area contributed by atoms with Crippen molar-refractivity contribution in [1.82, 2.24) is 4.90 Å². The monoisotopic (exact) mass is 495 g/mol. The van der Waals surface area contributed by atoms with Gasteiger partial charge in [0, 0.05) is 36.6 Å². The number of carbonyl (C=O) groups is 3. The maximum atomic E-state index is 12.9. The van der Waals surface area contributed by atoms with E-state index in [0.29, 0.717) is 37.1 Å². The van der Waals surface area contributed by atoms with Crippen LogP contribution in [-0.4, -0.2) is 59.4 Å². The van der Waals surface area contributed by atoms with Gasteiger partial charge in [0.1, 0.15) is 12.7 Å². The molecule has 2 aromatic rings. The molecule has 3 N–H and O–H groups in total. The van der Waals surface area contributed by atoms with Gasteiger partial charge in [-0.15, -0.1) is 0 Å². The largest absolute Gasteiger partial charge is 0.456 e. The first-order chi connectivity index (χ1) is 17.3. The number of oxime groups is 1. The molecule has 1 saturated heterocycles. The second-order valence-corrected chi connectivity index (χ2v) is 8.97. The number of esters is 1. The number of Topliss-reactive ketones (excluding diaryl/α,β-unsaturated/α-hetero) is 1. The number of hydrogen-bond acceptors (Lipinski definition) is 7. The molecular formula is C27H33N3O6. The molecule has 2 atom stereocenters. The van der Waals surface area contributed by atoms with Crippen LogP contribution in [0.1, 0.15) is 60.7 Å². The fourth-order valence-corrected chi connectivity index (χ4v) is 4.13.